The molecule has 0 heterocycles. The van der Waals surface area contributed by atoms with Crippen molar-refractivity contribution in [1.82, 2.24) is 0 Å². The normalized spacial score (nSPS) is 41.4. The van der Waals surface area contributed by atoms with Crippen molar-refractivity contribution >= 4 is 20.8 Å². The van der Waals surface area contributed by atoms with Crippen LogP contribution in [0.25, 0.3) is 0 Å². The van der Waals surface area contributed by atoms with Gasteiger partial charge in [0.2, 0.25) is 20.8 Å². The molecule has 0 aromatic carbocycles. The molecule has 0 saturated heterocycles. The topological polar surface area (TPSA) is 173 Å². The van der Waals surface area contributed by atoms with Crippen LogP contribution in [0.15, 0.2) is 12.2 Å². The van der Waals surface area contributed by atoms with E-state index in [2.05, 4.69) is 20.4 Å². The zero-order valence-corrected chi connectivity index (χ0v) is 25.5. The molecule has 0 bridgehead atoms. The number of rotatable bonds is 11. The zero-order chi connectivity index (χ0) is 29.7. The van der Waals surface area contributed by atoms with Crippen LogP contribution in [-0.4, -0.2) is 61.6 Å². The summed E-state index contributed by atoms with van der Waals surface area (Å²) in [5, 5.41) is 20.3. The van der Waals surface area contributed by atoms with E-state index in [9.17, 15) is 36.2 Å². The average Bonchev–Trinajstić information content (AvgIpc) is 3.19. The minimum absolute atomic E-state index is 0.00470. The van der Waals surface area contributed by atoms with Crippen molar-refractivity contribution in [3.8, 4) is 0 Å². The Bertz CT molecular complexity index is 1140. The van der Waals surface area contributed by atoms with Gasteiger partial charge in [0.1, 0.15) is 6.10 Å². The Labute approximate surface area is 239 Å². The smallest absolute Gasteiger partial charge is 0.217 e. The maximum atomic E-state index is 11.4. The Hall–Kier alpha value is -0.600. The van der Waals surface area contributed by atoms with Crippen molar-refractivity contribution in [2.75, 3.05) is 13.2 Å². The minimum atomic E-state index is -4.90. The van der Waals surface area contributed by atoms with E-state index in [0.717, 1.165) is 44.1 Å². The third-order valence-electron chi connectivity index (χ3n) is 11.8. The minimum Gasteiger partial charge on any atom is -0.726 e. The Balaban J connectivity index is 1.52. The third-order valence-corrected chi connectivity index (χ3v) is 12.7. The molecule has 12 heteroatoms. The van der Waals surface area contributed by atoms with Crippen LogP contribution in [0.2, 0.25) is 0 Å². The molecule has 4 aliphatic carbocycles. The van der Waals surface area contributed by atoms with Gasteiger partial charge in [-0.15, -0.1) is 0 Å². The van der Waals surface area contributed by atoms with Crippen LogP contribution in [0.4, 0.5) is 0 Å². The maximum absolute atomic E-state index is 11.4. The van der Waals surface area contributed by atoms with Crippen LogP contribution in [0, 0.1) is 52.3 Å². The highest BCUT2D eigenvalue weighted by Crippen LogP contribution is 2.68. The summed E-state index contributed by atoms with van der Waals surface area (Å²) < 4.78 is 77.4. The first-order valence-corrected chi connectivity index (χ1v) is 17.4. The molecule has 4 saturated carbocycles. The number of fused-ring (bicyclic) bond motifs is 5. The van der Waals surface area contributed by atoms with Gasteiger partial charge in [-0.1, -0.05) is 32.9 Å². The summed E-state index contributed by atoms with van der Waals surface area (Å²) in [4.78, 5) is 0. The van der Waals surface area contributed by atoms with Crippen molar-refractivity contribution in [2.45, 2.75) is 97.2 Å². The van der Waals surface area contributed by atoms with Gasteiger partial charge in [0.05, 0.1) is 12.7 Å². The summed E-state index contributed by atoms with van der Waals surface area (Å²) >= 11 is 0. The molecule has 0 aromatic heterocycles. The van der Waals surface area contributed by atoms with E-state index < -0.39 is 33.0 Å². The molecule has 40 heavy (non-hydrogen) atoms. The largest absolute Gasteiger partial charge is 0.726 e. The Morgan fingerprint density at radius 1 is 1.02 bits per heavy atom. The summed E-state index contributed by atoms with van der Waals surface area (Å²) in [6, 6.07) is 0. The van der Waals surface area contributed by atoms with Gasteiger partial charge in [0, 0.05) is 6.61 Å². The van der Waals surface area contributed by atoms with E-state index in [1.165, 1.54) is 0 Å². The van der Waals surface area contributed by atoms with Crippen LogP contribution in [0.1, 0.15) is 85.0 Å². The van der Waals surface area contributed by atoms with Crippen LogP contribution < -0.4 is 0 Å². The fourth-order valence-corrected chi connectivity index (χ4v) is 10.5. The molecule has 4 fully saturated rings. The lowest BCUT2D eigenvalue weighted by molar-refractivity contribution is -0.157. The first kappa shape index (κ1) is 32.3. The molecule has 0 aromatic rings. The van der Waals surface area contributed by atoms with E-state index in [1.54, 1.807) is 0 Å². The van der Waals surface area contributed by atoms with Gasteiger partial charge < -0.3 is 19.3 Å². The van der Waals surface area contributed by atoms with Crippen molar-refractivity contribution in [3.05, 3.63) is 12.2 Å². The molecule has 11 atom stereocenters. The quantitative estimate of drug-likeness (QED) is 0.201. The maximum Gasteiger partial charge on any atom is 0.217 e. The van der Waals surface area contributed by atoms with Crippen molar-refractivity contribution in [1.29, 1.82) is 0 Å². The van der Waals surface area contributed by atoms with Gasteiger partial charge >= 0.3 is 0 Å². The summed E-state index contributed by atoms with van der Waals surface area (Å²) in [5.41, 5.74) is 0.658. The van der Waals surface area contributed by atoms with Gasteiger partial charge in [-0.05, 0) is 116 Å². The summed E-state index contributed by atoms with van der Waals surface area (Å²) in [5.74, 6) is 1.33. The SMILES string of the molecule is C=C(CC[C@@H](COS(=O)(=O)[O-])[C@H]1CC[C@H]2[C@@H]3CC[C@H]4C[C@H](OS(=O)(=O)[O-])[C@@H](O)C[C@]4(C)[C@H]3CC[C@]12C)[C@@H](C)CO. The fraction of sp³-hybridized carbons (Fsp3) is 0.929. The highest BCUT2D eigenvalue weighted by molar-refractivity contribution is 7.81. The van der Waals surface area contributed by atoms with Gasteiger partial charge in [0.25, 0.3) is 0 Å². The molecule has 2 N–H and O–H groups in total. The molecule has 4 aliphatic rings. The van der Waals surface area contributed by atoms with E-state index >= 15 is 0 Å². The van der Waals surface area contributed by atoms with E-state index in [1.807, 2.05) is 6.92 Å². The van der Waals surface area contributed by atoms with Crippen molar-refractivity contribution < 1.29 is 44.5 Å². The van der Waals surface area contributed by atoms with Crippen molar-refractivity contribution in [2.24, 2.45) is 52.3 Å². The lowest BCUT2D eigenvalue weighted by Crippen LogP contribution is -2.57. The molecule has 0 unspecified atom stereocenters. The highest BCUT2D eigenvalue weighted by atomic mass is 32.3. The molecule has 0 spiro atoms. The van der Waals surface area contributed by atoms with Crippen LogP contribution in [0.5, 0.6) is 0 Å². The second kappa shape index (κ2) is 11.8. The van der Waals surface area contributed by atoms with Crippen LogP contribution >= 0.6 is 0 Å². The molecule has 0 radical (unpaired) electrons. The predicted octanol–water partition coefficient (Wildman–Crippen LogP) is 3.52. The first-order chi connectivity index (χ1) is 18.5. The lowest BCUT2D eigenvalue weighted by atomic mass is 9.44. The molecule has 0 aliphatic heterocycles. The average molecular weight is 607 g/mol. The van der Waals surface area contributed by atoms with Crippen molar-refractivity contribution in [3.63, 3.8) is 0 Å². The van der Waals surface area contributed by atoms with Gasteiger partial charge in [-0.2, -0.15) is 0 Å². The Kier molecular flexibility index (Phi) is 9.55. The molecule has 0 amide bonds. The molecule has 10 nitrogen and oxygen atoms in total. The Morgan fingerprint density at radius 3 is 2.33 bits per heavy atom. The lowest BCUT2D eigenvalue weighted by Gasteiger charge is -2.62. The van der Waals surface area contributed by atoms with Crippen LogP contribution in [0.3, 0.4) is 0 Å². The second-order valence-corrected chi connectivity index (χ2v) is 15.7. The molecular weight excluding hydrogens is 560 g/mol. The summed E-state index contributed by atoms with van der Waals surface area (Å²) in [6.45, 7) is 10.4. The monoisotopic (exact) mass is 606 g/mol. The molecular formula is C28H46O10S2-2. The molecule has 232 valence electrons. The standard InChI is InChI=1S/C28H48O10S2/c1-17(18(2)15-29)5-6-19(16-37-39(31,32)33)22-9-10-23-21-8-7-20-13-26(38-40(34,35)36)25(30)14-28(20,4)24(21)11-12-27(22,23)3/h18-26,29-30H,1,5-16H2,2-4H3,(H,31,32,33)(H,34,35,36)/p-2/t18-,19-,20-,21-,22+,23-,24-,25-,26-,27+,28-/m0/s1. The number of aliphatic hydroxyl groups excluding tert-OH is 2. The number of aliphatic hydroxyl groups is 2. The van der Waals surface area contributed by atoms with E-state index in [4.69, 9.17) is 8.37 Å². The van der Waals surface area contributed by atoms with Gasteiger partial charge in [-0.3, -0.25) is 8.37 Å². The Morgan fingerprint density at radius 2 is 1.70 bits per heavy atom. The van der Waals surface area contributed by atoms with E-state index in [0.29, 0.717) is 43.4 Å². The number of hydrogen-bond acceptors (Lipinski definition) is 10. The number of hydrogen-bond donors (Lipinski definition) is 2. The van der Waals surface area contributed by atoms with Gasteiger partial charge in [-0.25, -0.2) is 16.8 Å². The zero-order valence-electron chi connectivity index (χ0n) is 23.9. The second-order valence-electron chi connectivity index (χ2n) is 13.7. The van der Waals surface area contributed by atoms with E-state index in [-0.39, 0.29) is 47.7 Å². The predicted molar refractivity (Wildman–Crippen MR) is 145 cm³/mol. The summed E-state index contributed by atoms with van der Waals surface area (Å²) in [6.07, 6.45) is 5.65. The third kappa shape index (κ3) is 6.64. The molecule has 4 rings (SSSR count). The van der Waals surface area contributed by atoms with Gasteiger partial charge in [0.15, 0.2) is 0 Å². The fourth-order valence-electron chi connectivity index (χ4n) is 9.65. The highest BCUT2D eigenvalue weighted by Gasteiger charge is 2.62. The summed E-state index contributed by atoms with van der Waals surface area (Å²) in [7, 11) is -9.72. The van der Waals surface area contributed by atoms with Crippen LogP contribution in [-0.2, 0) is 29.2 Å². The first-order valence-electron chi connectivity index (χ1n) is 14.7.